The molecule has 20 heavy (non-hydrogen) atoms. The highest BCUT2D eigenvalue weighted by Crippen LogP contribution is 2.34. The number of fused-ring (bicyclic) bond motifs is 1. The van der Waals surface area contributed by atoms with Crippen LogP contribution in [0.2, 0.25) is 0 Å². The molecule has 1 aromatic rings. The van der Waals surface area contributed by atoms with E-state index in [0.717, 1.165) is 12.0 Å². The smallest absolute Gasteiger partial charge is 0.0345 e. The Morgan fingerprint density at radius 3 is 2.80 bits per heavy atom. The fraction of sp³-hybridized carbons (Fsp3) is 0.667. The van der Waals surface area contributed by atoms with Gasteiger partial charge in [-0.25, -0.2) is 0 Å². The fourth-order valence-electron chi connectivity index (χ4n) is 4.60. The van der Waals surface area contributed by atoms with Gasteiger partial charge in [0.1, 0.15) is 0 Å². The first kappa shape index (κ1) is 12.7. The maximum Gasteiger partial charge on any atom is 0.0345 e. The average molecular weight is 270 g/mol. The summed E-state index contributed by atoms with van der Waals surface area (Å²) in [5.74, 6) is 0.839. The molecular weight excluding hydrogens is 244 g/mol. The van der Waals surface area contributed by atoms with Gasteiger partial charge in [-0.3, -0.25) is 0 Å². The maximum atomic E-state index is 3.86. The van der Waals surface area contributed by atoms with Gasteiger partial charge < -0.3 is 10.6 Å². The summed E-state index contributed by atoms with van der Waals surface area (Å²) in [6.45, 7) is 1.23. The van der Waals surface area contributed by atoms with Crippen LogP contribution in [0, 0.1) is 5.92 Å². The van der Waals surface area contributed by atoms with Crippen LogP contribution >= 0.6 is 0 Å². The Labute approximate surface area is 122 Å². The molecule has 4 rings (SSSR count). The summed E-state index contributed by atoms with van der Waals surface area (Å²) >= 11 is 0. The van der Waals surface area contributed by atoms with Crippen molar-refractivity contribution >= 4 is 5.69 Å². The van der Waals surface area contributed by atoms with Gasteiger partial charge in [0.25, 0.3) is 0 Å². The van der Waals surface area contributed by atoms with E-state index in [-0.39, 0.29) is 0 Å². The van der Waals surface area contributed by atoms with Crippen molar-refractivity contribution in [1.29, 1.82) is 0 Å². The van der Waals surface area contributed by atoms with E-state index in [0.29, 0.717) is 6.04 Å². The number of aryl methyl sites for hydroxylation is 2. The van der Waals surface area contributed by atoms with E-state index >= 15 is 0 Å². The highest BCUT2D eigenvalue weighted by molar-refractivity contribution is 5.51. The minimum atomic E-state index is 0.685. The van der Waals surface area contributed by atoms with E-state index in [1.807, 2.05) is 0 Å². The van der Waals surface area contributed by atoms with Crippen molar-refractivity contribution in [2.75, 3.05) is 11.9 Å². The minimum Gasteiger partial charge on any atom is -0.382 e. The van der Waals surface area contributed by atoms with Crippen molar-refractivity contribution in [2.24, 2.45) is 5.92 Å². The Morgan fingerprint density at radius 2 is 1.90 bits per heavy atom. The molecule has 2 fully saturated rings. The zero-order valence-electron chi connectivity index (χ0n) is 12.3. The predicted molar refractivity (Wildman–Crippen MR) is 84.2 cm³/mol. The van der Waals surface area contributed by atoms with Gasteiger partial charge in [0.2, 0.25) is 0 Å². The maximum absolute atomic E-state index is 3.86. The minimum absolute atomic E-state index is 0.685. The molecule has 3 aliphatic rings. The van der Waals surface area contributed by atoms with Gasteiger partial charge in [-0.2, -0.15) is 0 Å². The van der Waals surface area contributed by atoms with Gasteiger partial charge in [-0.05, 0) is 80.7 Å². The summed E-state index contributed by atoms with van der Waals surface area (Å²) in [6, 6.07) is 8.53. The predicted octanol–water partition coefficient (Wildman–Crippen LogP) is 3.51. The highest BCUT2D eigenvalue weighted by Gasteiger charge is 2.34. The van der Waals surface area contributed by atoms with E-state index in [2.05, 4.69) is 28.8 Å². The highest BCUT2D eigenvalue weighted by atomic mass is 15.0. The summed E-state index contributed by atoms with van der Waals surface area (Å²) in [4.78, 5) is 0. The largest absolute Gasteiger partial charge is 0.382 e. The van der Waals surface area contributed by atoms with Crippen LogP contribution in [0.3, 0.4) is 0 Å². The molecule has 108 valence electrons. The lowest BCUT2D eigenvalue weighted by Gasteiger charge is -2.27. The quantitative estimate of drug-likeness (QED) is 0.878. The molecule has 2 nitrogen and oxygen atoms in total. The van der Waals surface area contributed by atoms with E-state index < -0.39 is 0 Å². The second-order valence-electron chi connectivity index (χ2n) is 6.89. The number of benzene rings is 1. The van der Waals surface area contributed by atoms with Crippen LogP contribution in [0.4, 0.5) is 5.69 Å². The Morgan fingerprint density at radius 1 is 0.950 bits per heavy atom. The van der Waals surface area contributed by atoms with Gasteiger partial charge in [0.05, 0.1) is 0 Å². The second-order valence-corrected chi connectivity index (χ2v) is 6.89. The van der Waals surface area contributed by atoms with Crippen LogP contribution in [0.5, 0.6) is 0 Å². The van der Waals surface area contributed by atoms with Crippen LogP contribution in [-0.2, 0) is 12.8 Å². The van der Waals surface area contributed by atoms with Crippen molar-refractivity contribution in [2.45, 2.75) is 63.5 Å². The first-order valence-electron chi connectivity index (χ1n) is 8.52. The van der Waals surface area contributed by atoms with Crippen molar-refractivity contribution < 1.29 is 0 Å². The molecule has 1 saturated heterocycles. The monoisotopic (exact) mass is 270 g/mol. The summed E-state index contributed by atoms with van der Waals surface area (Å²) < 4.78 is 0. The number of hydrogen-bond acceptors (Lipinski definition) is 2. The molecule has 3 unspecified atom stereocenters. The number of anilines is 1. The van der Waals surface area contributed by atoms with Gasteiger partial charge in [0, 0.05) is 17.8 Å². The van der Waals surface area contributed by atoms with E-state index in [1.54, 1.807) is 11.1 Å². The van der Waals surface area contributed by atoms with E-state index in [1.165, 1.54) is 63.6 Å². The third-order valence-electron chi connectivity index (χ3n) is 5.64. The van der Waals surface area contributed by atoms with Crippen LogP contribution in [0.25, 0.3) is 0 Å². The van der Waals surface area contributed by atoms with Crippen molar-refractivity contribution in [3.8, 4) is 0 Å². The average Bonchev–Trinajstić information content (AvgIpc) is 3.19. The standard InChI is InChI=1S/C18H26N2/c1-4-13-9-10-15(12-14(13)5-1)20-18-7-2-6-16(18)17-8-3-11-19-17/h9-10,12,16-20H,1-8,11H2. The third-order valence-corrected chi connectivity index (χ3v) is 5.64. The number of hydrogen-bond donors (Lipinski definition) is 2. The SMILES string of the molecule is c1cc2c(cc1NC1CCCC1C1CCCN1)CCC2. The van der Waals surface area contributed by atoms with Gasteiger partial charge in [0.15, 0.2) is 0 Å². The first-order valence-corrected chi connectivity index (χ1v) is 8.52. The molecule has 3 atom stereocenters. The molecule has 0 amide bonds. The summed E-state index contributed by atoms with van der Waals surface area (Å²) in [5.41, 5.74) is 4.53. The van der Waals surface area contributed by atoms with E-state index in [9.17, 15) is 0 Å². The molecule has 0 radical (unpaired) electrons. The fourth-order valence-corrected chi connectivity index (χ4v) is 4.60. The molecule has 1 heterocycles. The molecule has 2 aliphatic carbocycles. The molecule has 2 N–H and O–H groups in total. The van der Waals surface area contributed by atoms with Gasteiger partial charge in [-0.15, -0.1) is 0 Å². The van der Waals surface area contributed by atoms with Crippen molar-refractivity contribution in [3.63, 3.8) is 0 Å². The molecule has 1 aliphatic heterocycles. The Bertz CT molecular complexity index is 476. The van der Waals surface area contributed by atoms with Crippen LogP contribution in [0.1, 0.15) is 49.7 Å². The van der Waals surface area contributed by atoms with E-state index in [4.69, 9.17) is 0 Å². The molecule has 1 aromatic carbocycles. The third kappa shape index (κ3) is 2.35. The first-order chi connectivity index (χ1) is 9.90. The van der Waals surface area contributed by atoms with Gasteiger partial charge in [-0.1, -0.05) is 12.5 Å². The lowest BCUT2D eigenvalue weighted by molar-refractivity contribution is 0.376. The topological polar surface area (TPSA) is 24.1 Å². The lowest BCUT2D eigenvalue weighted by atomic mass is 9.93. The molecule has 0 bridgehead atoms. The van der Waals surface area contributed by atoms with Crippen molar-refractivity contribution in [3.05, 3.63) is 29.3 Å². The zero-order chi connectivity index (χ0) is 13.4. The molecule has 1 saturated carbocycles. The summed E-state index contributed by atoms with van der Waals surface area (Å²) in [5, 5.41) is 7.57. The number of nitrogens with one attached hydrogen (secondary N) is 2. The van der Waals surface area contributed by atoms with Crippen molar-refractivity contribution in [1.82, 2.24) is 5.32 Å². The molecular formula is C18H26N2. The van der Waals surface area contributed by atoms with Crippen LogP contribution < -0.4 is 10.6 Å². The number of rotatable bonds is 3. The lowest BCUT2D eigenvalue weighted by Crippen LogP contribution is -2.38. The summed E-state index contributed by atoms with van der Waals surface area (Å²) in [7, 11) is 0. The molecule has 0 aromatic heterocycles. The summed E-state index contributed by atoms with van der Waals surface area (Å²) in [6.07, 6.45) is 10.8. The normalized spacial score (nSPS) is 32.5. The zero-order valence-corrected chi connectivity index (χ0v) is 12.3. The van der Waals surface area contributed by atoms with Crippen LogP contribution in [-0.4, -0.2) is 18.6 Å². The second kappa shape index (κ2) is 5.40. The molecule has 0 spiro atoms. The molecule has 2 heteroatoms. The Balaban J connectivity index is 1.47. The Hall–Kier alpha value is -1.02. The van der Waals surface area contributed by atoms with Crippen LogP contribution in [0.15, 0.2) is 18.2 Å². The van der Waals surface area contributed by atoms with Gasteiger partial charge >= 0.3 is 0 Å². The Kier molecular flexibility index (Phi) is 3.43.